The van der Waals surface area contributed by atoms with Crippen LogP contribution in [0.4, 0.5) is 10.8 Å². The van der Waals surface area contributed by atoms with Crippen LogP contribution in [0, 0.1) is 0 Å². The molecule has 0 radical (unpaired) electrons. The second kappa shape index (κ2) is 7.68. The first-order chi connectivity index (χ1) is 12.7. The first kappa shape index (κ1) is 17.4. The number of nitrogens with zero attached hydrogens (tertiary/aromatic N) is 2. The SMILES string of the molecule is CSc1cccc(NC(=O)c2ccc3nc(N4CCCCC4)sc3c2)c1. The second-order valence-electron chi connectivity index (χ2n) is 6.41. The fourth-order valence-electron chi connectivity index (χ4n) is 3.18. The normalized spacial score (nSPS) is 14.6. The standard InChI is InChI=1S/C20H21N3OS2/c1-25-16-7-5-6-15(13-16)21-19(24)14-8-9-17-18(12-14)26-20(22-17)23-10-3-2-4-11-23/h5-9,12-13H,2-4,10-11H2,1H3,(H,21,24). The molecule has 0 spiro atoms. The molecule has 1 fully saturated rings. The average molecular weight is 384 g/mol. The van der Waals surface area contributed by atoms with Crippen molar-refractivity contribution in [2.24, 2.45) is 0 Å². The lowest BCUT2D eigenvalue weighted by Crippen LogP contribution is -2.29. The first-order valence-corrected chi connectivity index (χ1v) is 10.9. The van der Waals surface area contributed by atoms with Gasteiger partial charge in [0.25, 0.3) is 5.91 Å². The lowest BCUT2D eigenvalue weighted by atomic mass is 10.1. The molecule has 26 heavy (non-hydrogen) atoms. The van der Waals surface area contributed by atoms with Gasteiger partial charge in [-0.3, -0.25) is 4.79 Å². The summed E-state index contributed by atoms with van der Waals surface area (Å²) < 4.78 is 1.07. The molecule has 1 aromatic heterocycles. The summed E-state index contributed by atoms with van der Waals surface area (Å²) in [5.74, 6) is -0.0851. The van der Waals surface area contributed by atoms with Crippen LogP contribution in [-0.2, 0) is 0 Å². The van der Waals surface area contributed by atoms with E-state index in [1.54, 1.807) is 23.1 Å². The van der Waals surface area contributed by atoms with Gasteiger partial charge in [0.1, 0.15) is 0 Å². The predicted molar refractivity (Wildman–Crippen MR) is 112 cm³/mol. The Hall–Kier alpha value is -2.05. The Morgan fingerprint density at radius 1 is 1.15 bits per heavy atom. The van der Waals surface area contributed by atoms with Gasteiger partial charge in [-0.1, -0.05) is 17.4 Å². The highest BCUT2D eigenvalue weighted by Crippen LogP contribution is 2.31. The van der Waals surface area contributed by atoms with Gasteiger partial charge < -0.3 is 10.2 Å². The van der Waals surface area contributed by atoms with Crippen LogP contribution in [0.25, 0.3) is 10.2 Å². The third kappa shape index (κ3) is 3.71. The van der Waals surface area contributed by atoms with Crippen LogP contribution in [0.3, 0.4) is 0 Å². The molecular weight excluding hydrogens is 362 g/mol. The number of nitrogens with one attached hydrogen (secondary N) is 1. The van der Waals surface area contributed by atoms with Crippen LogP contribution in [0.2, 0.25) is 0 Å². The minimum atomic E-state index is -0.0851. The number of piperidine rings is 1. The molecule has 0 unspecified atom stereocenters. The topological polar surface area (TPSA) is 45.2 Å². The second-order valence-corrected chi connectivity index (χ2v) is 8.30. The van der Waals surface area contributed by atoms with Crippen LogP contribution in [0.15, 0.2) is 47.4 Å². The highest BCUT2D eigenvalue weighted by atomic mass is 32.2. The Morgan fingerprint density at radius 2 is 2.00 bits per heavy atom. The van der Waals surface area contributed by atoms with E-state index in [-0.39, 0.29) is 5.91 Å². The summed E-state index contributed by atoms with van der Waals surface area (Å²) in [5.41, 5.74) is 2.46. The van der Waals surface area contributed by atoms with Gasteiger partial charge in [-0.15, -0.1) is 11.8 Å². The van der Waals surface area contributed by atoms with Crippen molar-refractivity contribution >= 4 is 50.0 Å². The van der Waals surface area contributed by atoms with Gasteiger partial charge >= 0.3 is 0 Å². The van der Waals surface area contributed by atoms with Gasteiger partial charge in [-0.2, -0.15) is 0 Å². The summed E-state index contributed by atoms with van der Waals surface area (Å²) in [7, 11) is 0. The van der Waals surface area contributed by atoms with Gasteiger partial charge in [-0.05, 0) is 61.9 Å². The lowest BCUT2D eigenvalue weighted by molar-refractivity contribution is 0.102. The zero-order valence-electron chi connectivity index (χ0n) is 14.7. The highest BCUT2D eigenvalue weighted by molar-refractivity contribution is 7.98. The molecule has 1 saturated heterocycles. The van der Waals surface area contributed by atoms with Gasteiger partial charge in [-0.25, -0.2) is 4.98 Å². The molecule has 4 nitrogen and oxygen atoms in total. The Morgan fingerprint density at radius 3 is 2.81 bits per heavy atom. The van der Waals surface area contributed by atoms with Crippen molar-refractivity contribution in [2.45, 2.75) is 24.2 Å². The number of amides is 1. The third-order valence-electron chi connectivity index (χ3n) is 4.59. The monoisotopic (exact) mass is 383 g/mol. The van der Waals surface area contributed by atoms with E-state index in [0.29, 0.717) is 5.56 Å². The lowest BCUT2D eigenvalue weighted by Gasteiger charge is -2.25. The number of aromatic nitrogens is 1. The summed E-state index contributed by atoms with van der Waals surface area (Å²) in [6.45, 7) is 2.16. The van der Waals surface area contributed by atoms with Crippen molar-refractivity contribution in [3.8, 4) is 0 Å². The summed E-state index contributed by atoms with van der Waals surface area (Å²) in [5, 5.41) is 4.06. The maximum atomic E-state index is 12.6. The van der Waals surface area contributed by atoms with Crippen molar-refractivity contribution in [2.75, 3.05) is 29.6 Å². The van der Waals surface area contributed by atoms with Crippen LogP contribution in [0.1, 0.15) is 29.6 Å². The van der Waals surface area contributed by atoms with Crippen molar-refractivity contribution in [1.82, 2.24) is 4.98 Å². The fraction of sp³-hybridized carbons (Fsp3) is 0.300. The number of thiazole rings is 1. The van der Waals surface area contributed by atoms with Gasteiger partial charge in [0, 0.05) is 29.2 Å². The summed E-state index contributed by atoms with van der Waals surface area (Å²) >= 11 is 3.34. The number of carbonyl (C=O) groups is 1. The molecule has 1 aliphatic rings. The number of hydrogen-bond donors (Lipinski definition) is 1. The van der Waals surface area contributed by atoms with Gasteiger partial charge in [0.05, 0.1) is 10.2 Å². The van der Waals surface area contributed by atoms with Crippen molar-refractivity contribution < 1.29 is 4.79 Å². The molecule has 0 aliphatic carbocycles. The van der Waals surface area contributed by atoms with Gasteiger partial charge in [0.2, 0.25) is 0 Å². The number of anilines is 2. The molecule has 0 atom stereocenters. The molecule has 4 rings (SSSR count). The Labute approximate surface area is 161 Å². The number of benzene rings is 2. The molecule has 2 heterocycles. The van der Waals surface area contributed by atoms with E-state index in [1.807, 2.05) is 48.7 Å². The summed E-state index contributed by atoms with van der Waals surface area (Å²) in [6.07, 6.45) is 5.80. The van der Waals surface area contributed by atoms with Crippen LogP contribution in [-0.4, -0.2) is 30.2 Å². The number of fused-ring (bicyclic) bond motifs is 1. The fourth-order valence-corrected chi connectivity index (χ4v) is 4.69. The van der Waals surface area contributed by atoms with Crippen molar-refractivity contribution in [1.29, 1.82) is 0 Å². The van der Waals surface area contributed by atoms with Crippen LogP contribution in [0.5, 0.6) is 0 Å². The van der Waals surface area contributed by atoms with Gasteiger partial charge in [0.15, 0.2) is 5.13 Å². The van der Waals surface area contributed by atoms with E-state index >= 15 is 0 Å². The van der Waals surface area contributed by atoms with E-state index < -0.39 is 0 Å². The molecule has 3 aromatic rings. The highest BCUT2D eigenvalue weighted by Gasteiger charge is 2.16. The number of rotatable bonds is 4. The van der Waals surface area contributed by atoms with Crippen molar-refractivity contribution in [3.05, 3.63) is 48.0 Å². The number of thioether (sulfide) groups is 1. The third-order valence-corrected chi connectivity index (χ3v) is 6.40. The maximum absolute atomic E-state index is 12.6. The van der Waals surface area contributed by atoms with Crippen molar-refractivity contribution in [3.63, 3.8) is 0 Å². The quantitative estimate of drug-likeness (QED) is 0.624. The minimum Gasteiger partial charge on any atom is -0.348 e. The Balaban J connectivity index is 1.55. The Kier molecular flexibility index (Phi) is 5.13. The van der Waals surface area contributed by atoms with E-state index in [2.05, 4.69) is 10.2 Å². The number of carbonyl (C=O) groups excluding carboxylic acids is 1. The van der Waals surface area contributed by atoms with E-state index in [9.17, 15) is 4.79 Å². The zero-order chi connectivity index (χ0) is 17.9. The van der Waals surface area contributed by atoms with E-state index in [4.69, 9.17) is 4.98 Å². The van der Waals surface area contributed by atoms with E-state index in [1.165, 1.54) is 19.3 Å². The smallest absolute Gasteiger partial charge is 0.255 e. The predicted octanol–water partition coefficient (Wildman–Crippen LogP) is 5.26. The minimum absolute atomic E-state index is 0.0851. The Bertz CT molecular complexity index is 932. The van der Waals surface area contributed by atoms with E-state index in [0.717, 1.165) is 39.0 Å². The molecule has 134 valence electrons. The molecular formula is C20H21N3OS2. The van der Waals surface area contributed by atoms with Crippen LogP contribution < -0.4 is 10.2 Å². The average Bonchev–Trinajstić information content (AvgIpc) is 3.12. The van der Waals surface area contributed by atoms with Crippen LogP contribution >= 0.6 is 23.1 Å². The molecule has 2 aromatic carbocycles. The first-order valence-electron chi connectivity index (χ1n) is 8.84. The molecule has 1 N–H and O–H groups in total. The molecule has 0 saturated carbocycles. The molecule has 6 heteroatoms. The zero-order valence-corrected chi connectivity index (χ0v) is 16.3. The summed E-state index contributed by atoms with van der Waals surface area (Å²) in [4.78, 5) is 20.9. The maximum Gasteiger partial charge on any atom is 0.255 e. The largest absolute Gasteiger partial charge is 0.348 e. The molecule has 1 amide bonds. The summed E-state index contributed by atoms with van der Waals surface area (Å²) in [6, 6.07) is 13.7. The number of hydrogen-bond acceptors (Lipinski definition) is 5. The molecule has 1 aliphatic heterocycles. The molecule has 0 bridgehead atoms.